The standard InChI is InChI=1S/C13H17ClF3NO/c1-9(18)12(10-3-5-11(14)6-4-10)19-8-2-7-13(15,16)17/h3-6,9,12H,2,7-8,18H2,1H3. The van der Waals surface area contributed by atoms with Crippen LogP contribution in [0.15, 0.2) is 24.3 Å². The van der Waals surface area contributed by atoms with E-state index in [-0.39, 0.29) is 19.1 Å². The summed E-state index contributed by atoms with van der Waals surface area (Å²) in [5.74, 6) is 0. The van der Waals surface area contributed by atoms with Gasteiger partial charge >= 0.3 is 6.18 Å². The summed E-state index contributed by atoms with van der Waals surface area (Å²) in [6, 6.07) is 6.61. The lowest BCUT2D eigenvalue weighted by atomic mass is 10.0. The first-order valence-electron chi connectivity index (χ1n) is 5.99. The van der Waals surface area contributed by atoms with Gasteiger partial charge in [0, 0.05) is 24.1 Å². The predicted molar refractivity (Wildman–Crippen MR) is 69.1 cm³/mol. The Morgan fingerprint density at radius 2 is 1.84 bits per heavy atom. The Bertz CT molecular complexity index is 378. The first kappa shape index (κ1) is 16.3. The Kier molecular flexibility index (Phi) is 6.10. The van der Waals surface area contributed by atoms with Crippen LogP contribution in [-0.4, -0.2) is 18.8 Å². The first-order valence-corrected chi connectivity index (χ1v) is 6.37. The first-order chi connectivity index (χ1) is 8.79. The molecule has 0 spiro atoms. The highest BCUT2D eigenvalue weighted by atomic mass is 35.5. The molecule has 1 aromatic carbocycles. The van der Waals surface area contributed by atoms with Gasteiger partial charge in [-0.05, 0) is 31.0 Å². The molecule has 0 bridgehead atoms. The van der Waals surface area contributed by atoms with Gasteiger partial charge < -0.3 is 10.5 Å². The van der Waals surface area contributed by atoms with E-state index in [1.807, 2.05) is 0 Å². The Balaban J connectivity index is 2.52. The number of nitrogens with two attached hydrogens (primary N) is 1. The molecule has 0 fully saturated rings. The summed E-state index contributed by atoms with van der Waals surface area (Å²) in [7, 11) is 0. The number of hydrogen-bond acceptors (Lipinski definition) is 2. The van der Waals surface area contributed by atoms with Crippen LogP contribution in [0.1, 0.15) is 31.4 Å². The summed E-state index contributed by atoms with van der Waals surface area (Å²) in [4.78, 5) is 0. The van der Waals surface area contributed by atoms with Gasteiger partial charge in [-0.15, -0.1) is 0 Å². The van der Waals surface area contributed by atoms with E-state index in [2.05, 4.69) is 0 Å². The third-order valence-corrected chi connectivity index (χ3v) is 2.83. The van der Waals surface area contributed by atoms with Crippen molar-refractivity contribution in [1.29, 1.82) is 0 Å². The van der Waals surface area contributed by atoms with Gasteiger partial charge in [0.2, 0.25) is 0 Å². The monoisotopic (exact) mass is 295 g/mol. The molecule has 0 aliphatic carbocycles. The molecule has 1 aromatic rings. The third-order valence-electron chi connectivity index (χ3n) is 2.58. The van der Waals surface area contributed by atoms with Crippen LogP contribution in [0.3, 0.4) is 0 Å². The van der Waals surface area contributed by atoms with E-state index in [0.29, 0.717) is 5.02 Å². The molecule has 0 saturated carbocycles. The van der Waals surface area contributed by atoms with Crippen LogP contribution in [0.5, 0.6) is 0 Å². The third kappa shape index (κ3) is 6.27. The molecule has 0 aromatic heterocycles. The van der Waals surface area contributed by atoms with Crippen molar-refractivity contribution in [3.63, 3.8) is 0 Å². The molecule has 1 rings (SSSR count). The highest BCUT2D eigenvalue weighted by molar-refractivity contribution is 6.30. The van der Waals surface area contributed by atoms with Gasteiger partial charge in [-0.25, -0.2) is 0 Å². The van der Waals surface area contributed by atoms with Crippen LogP contribution in [0.25, 0.3) is 0 Å². The molecule has 19 heavy (non-hydrogen) atoms. The Hall–Kier alpha value is -0.780. The van der Waals surface area contributed by atoms with Crippen molar-refractivity contribution in [2.45, 2.75) is 38.1 Å². The largest absolute Gasteiger partial charge is 0.389 e. The summed E-state index contributed by atoms with van der Waals surface area (Å²) in [6.45, 7) is 1.78. The van der Waals surface area contributed by atoms with Crippen LogP contribution in [0.2, 0.25) is 5.02 Å². The van der Waals surface area contributed by atoms with Crippen molar-refractivity contribution in [3.8, 4) is 0 Å². The minimum Gasteiger partial charge on any atom is -0.372 e. The quantitative estimate of drug-likeness (QED) is 0.802. The van der Waals surface area contributed by atoms with E-state index in [4.69, 9.17) is 22.1 Å². The summed E-state index contributed by atoms with van der Waals surface area (Å²) in [6.07, 6.45) is -5.49. The van der Waals surface area contributed by atoms with Crippen LogP contribution in [-0.2, 0) is 4.74 Å². The molecule has 108 valence electrons. The maximum absolute atomic E-state index is 12.0. The molecular formula is C13H17ClF3NO. The molecule has 2 N–H and O–H groups in total. The minimum atomic E-state index is -4.15. The van der Waals surface area contributed by atoms with E-state index >= 15 is 0 Å². The van der Waals surface area contributed by atoms with Gasteiger partial charge in [0.15, 0.2) is 0 Å². The SMILES string of the molecule is CC(N)C(OCCCC(F)(F)F)c1ccc(Cl)cc1. The van der Waals surface area contributed by atoms with Crippen molar-refractivity contribution >= 4 is 11.6 Å². The highest BCUT2D eigenvalue weighted by Crippen LogP contribution is 2.25. The fourth-order valence-corrected chi connectivity index (χ4v) is 1.81. The molecule has 0 amide bonds. The lowest BCUT2D eigenvalue weighted by Crippen LogP contribution is -2.27. The highest BCUT2D eigenvalue weighted by Gasteiger charge is 2.26. The zero-order valence-electron chi connectivity index (χ0n) is 10.6. The molecule has 0 saturated heterocycles. The van der Waals surface area contributed by atoms with Gasteiger partial charge in [0.1, 0.15) is 0 Å². The van der Waals surface area contributed by atoms with Crippen molar-refractivity contribution in [3.05, 3.63) is 34.9 Å². The number of alkyl halides is 3. The Morgan fingerprint density at radius 1 is 1.26 bits per heavy atom. The summed E-state index contributed by atoms with van der Waals surface area (Å²) >= 11 is 5.78. The molecular weight excluding hydrogens is 279 g/mol. The van der Waals surface area contributed by atoms with Crippen molar-refractivity contribution < 1.29 is 17.9 Å². The lowest BCUT2D eigenvalue weighted by Gasteiger charge is -2.22. The van der Waals surface area contributed by atoms with Gasteiger partial charge in [-0.3, -0.25) is 0 Å². The molecule has 6 heteroatoms. The van der Waals surface area contributed by atoms with Crippen LogP contribution >= 0.6 is 11.6 Å². The predicted octanol–water partition coefficient (Wildman–Crippen LogP) is 4.09. The second kappa shape index (κ2) is 7.12. The van der Waals surface area contributed by atoms with Gasteiger partial charge in [0.05, 0.1) is 6.10 Å². The maximum Gasteiger partial charge on any atom is 0.389 e. The lowest BCUT2D eigenvalue weighted by molar-refractivity contribution is -0.139. The van der Waals surface area contributed by atoms with E-state index in [9.17, 15) is 13.2 Å². The van der Waals surface area contributed by atoms with Gasteiger partial charge in [-0.2, -0.15) is 13.2 Å². The number of rotatable bonds is 6. The molecule has 2 nitrogen and oxygen atoms in total. The Morgan fingerprint density at radius 3 is 2.32 bits per heavy atom. The molecule has 0 radical (unpaired) electrons. The Labute approximate surface area is 115 Å². The van der Waals surface area contributed by atoms with Crippen LogP contribution < -0.4 is 5.73 Å². The fourth-order valence-electron chi connectivity index (χ4n) is 1.69. The van der Waals surface area contributed by atoms with E-state index in [1.165, 1.54) is 0 Å². The van der Waals surface area contributed by atoms with Crippen LogP contribution in [0.4, 0.5) is 13.2 Å². The topological polar surface area (TPSA) is 35.2 Å². The minimum absolute atomic E-state index is 0.0222. The molecule has 0 aliphatic rings. The zero-order valence-corrected chi connectivity index (χ0v) is 11.3. The average molecular weight is 296 g/mol. The number of hydrogen-bond donors (Lipinski definition) is 1. The van der Waals surface area contributed by atoms with E-state index in [0.717, 1.165) is 5.56 Å². The number of halogens is 4. The summed E-state index contributed by atoms with van der Waals surface area (Å²) < 4.78 is 41.5. The second-order valence-electron chi connectivity index (χ2n) is 4.42. The average Bonchev–Trinajstić information content (AvgIpc) is 2.29. The van der Waals surface area contributed by atoms with Crippen molar-refractivity contribution in [2.24, 2.45) is 5.73 Å². The molecule has 2 unspecified atom stereocenters. The molecule has 2 atom stereocenters. The van der Waals surface area contributed by atoms with Gasteiger partial charge in [0.25, 0.3) is 0 Å². The second-order valence-corrected chi connectivity index (χ2v) is 4.86. The summed E-state index contributed by atoms with van der Waals surface area (Å²) in [5.41, 5.74) is 6.61. The smallest absolute Gasteiger partial charge is 0.372 e. The maximum atomic E-state index is 12.0. The number of benzene rings is 1. The molecule has 0 heterocycles. The molecule has 0 aliphatic heterocycles. The van der Waals surface area contributed by atoms with Crippen molar-refractivity contribution in [1.82, 2.24) is 0 Å². The van der Waals surface area contributed by atoms with Crippen molar-refractivity contribution in [2.75, 3.05) is 6.61 Å². The summed E-state index contributed by atoms with van der Waals surface area (Å²) in [5, 5.41) is 0.587. The number of ether oxygens (including phenoxy) is 1. The van der Waals surface area contributed by atoms with E-state index in [1.54, 1.807) is 31.2 Å². The van der Waals surface area contributed by atoms with Gasteiger partial charge in [-0.1, -0.05) is 23.7 Å². The normalized spacial score (nSPS) is 15.3. The fraction of sp³-hybridized carbons (Fsp3) is 0.538. The van der Waals surface area contributed by atoms with E-state index < -0.39 is 18.7 Å². The van der Waals surface area contributed by atoms with Crippen LogP contribution in [0, 0.1) is 0 Å². The zero-order chi connectivity index (χ0) is 14.5.